The summed E-state index contributed by atoms with van der Waals surface area (Å²) in [6.07, 6.45) is 1.46. The smallest absolute Gasteiger partial charge is 0.252 e. The number of nitrogens with one attached hydrogen (secondary N) is 2. The average Bonchev–Trinajstić information content (AvgIpc) is 2.63. The zero-order chi connectivity index (χ0) is 19.1. The van der Waals surface area contributed by atoms with E-state index in [1.54, 1.807) is 37.4 Å². The highest BCUT2D eigenvalue weighted by molar-refractivity contribution is 9.10. The van der Waals surface area contributed by atoms with Gasteiger partial charge >= 0.3 is 0 Å². The van der Waals surface area contributed by atoms with Gasteiger partial charge in [0.1, 0.15) is 11.7 Å². The van der Waals surface area contributed by atoms with Crippen LogP contribution >= 0.6 is 31.9 Å². The van der Waals surface area contributed by atoms with Crippen LogP contribution in [0, 0.1) is 5.92 Å². The minimum Gasteiger partial charge on any atom is -0.496 e. The fourth-order valence-electron chi connectivity index (χ4n) is 1.99. The molecule has 0 bridgehead atoms. The lowest BCUT2D eigenvalue weighted by atomic mass is 10.1. The van der Waals surface area contributed by atoms with Crippen molar-refractivity contribution >= 4 is 55.6 Å². The molecule has 8 heteroatoms. The summed E-state index contributed by atoms with van der Waals surface area (Å²) in [5, 5.41) is 6.60. The van der Waals surface area contributed by atoms with Gasteiger partial charge in [-0.05, 0) is 53.2 Å². The molecule has 0 saturated heterocycles. The van der Waals surface area contributed by atoms with E-state index in [1.807, 2.05) is 12.1 Å². The second-order valence-electron chi connectivity index (χ2n) is 5.31. The van der Waals surface area contributed by atoms with E-state index in [-0.39, 0.29) is 0 Å². The fourth-order valence-corrected chi connectivity index (χ4v) is 2.75. The van der Waals surface area contributed by atoms with Crippen molar-refractivity contribution in [3.8, 4) is 5.75 Å². The molecule has 2 N–H and O–H groups in total. The summed E-state index contributed by atoms with van der Waals surface area (Å²) in [6.45, 7) is 1.51. The topological polar surface area (TPSA) is 79.8 Å². The molecule has 2 aromatic carbocycles. The Morgan fingerprint density at radius 1 is 1.15 bits per heavy atom. The maximum atomic E-state index is 12.2. The monoisotopic (exact) mass is 481 g/mol. The van der Waals surface area contributed by atoms with Crippen molar-refractivity contribution in [1.82, 2.24) is 5.43 Å². The van der Waals surface area contributed by atoms with Crippen molar-refractivity contribution in [2.45, 2.75) is 6.92 Å². The van der Waals surface area contributed by atoms with Crippen molar-refractivity contribution in [1.29, 1.82) is 0 Å². The van der Waals surface area contributed by atoms with Crippen LogP contribution in [0.3, 0.4) is 0 Å². The van der Waals surface area contributed by atoms with Gasteiger partial charge < -0.3 is 10.1 Å². The molecule has 0 aliphatic carbocycles. The number of carbonyl (C=O) groups is 2. The SMILES string of the molecule is COc1ccc(Br)cc1C=NNC(=O)C(C)C(=O)Nc1ccccc1Br. The third-order valence-corrected chi connectivity index (χ3v) is 4.67. The standard InChI is InChI=1S/C18H17Br2N3O3/c1-11(17(24)22-15-6-4-3-5-14(15)20)18(25)23-21-10-12-9-13(19)7-8-16(12)26-2/h3-11H,1-2H3,(H,22,24)(H,23,25). The Morgan fingerprint density at radius 2 is 1.88 bits per heavy atom. The summed E-state index contributed by atoms with van der Waals surface area (Å²) >= 11 is 6.71. The maximum Gasteiger partial charge on any atom is 0.252 e. The van der Waals surface area contributed by atoms with Crippen LogP contribution in [0.2, 0.25) is 0 Å². The Balaban J connectivity index is 1.98. The summed E-state index contributed by atoms with van der Waals surface area (Å²) in [7, 11) is 1.55. The van der Waals surface area contributed by atoms with E-state index >= 15 is 0 Å². The molecule has 0 heterocycles. The third kappa shape index (κ3) is 5.40. The van der Waals surface area contributed by atoms with Crippen LogP contribution in [-0.4, -0.2) is 25.1 Å². The first kappa shape index (κ1) is 20.1. The molecule has 0 spiro atoms. The quantitative estimate of drug-likeness (QED) is 0.371. The lowest BCUT2D eigenvalue weighted by molar-refractivity contribution is -0.131. The van der Waals surface area contributed by atoms with Gasteiger partial charge in [-0.25, -0.2) is 5.43 Å². The molecule has 6 nitrogen and oxygen atoms in total. The number of rotatable bonds is 6. The van der Waals surface area contributed by atoms with Crippen LogP contribution in [0.5, 0.6) is 5.75 Å². The highest BCUT2D eigenvalue weighted by Gasteiger charge is 2.21. The van der Waals surface area contributed by atoms with Gasteiger partial charge in [-0.3, -0.25) is 9.59 Å². The molecule has 136 valence electrons. The van der Waals surface area contributed by atoms with E-state index in [9.17, 15) is 9.59 Å². The second kappa shape index (κ2) is 9.49. The van der Waals surface area contributed by atoms with Gasteiger partial charge in [-0.1, -0.05) is 28.1 Å². The average molecular weight is 483 g/mol. The summed E-state index contributed by atoms with van der Waals surface area (Å²) in [5.74, 6) is -1.24. The largest absolute Gasteiger partial charge is 0.496 e. The third-order valence-electron chi connectivity index (χ3n) is 3.49. The lowest BCUT2D eigenvalue weighted by Gasteiger charge is -2.12. The number of carbonyl (C=O) groups excluding carboxylic acids is 2. The van der Waals surface area contributed by atoms with Gasteiger partial charge in [-0.2, -0.15) is 5.10 Å². The summed E-state index contributed by atoms with van der Waals surface area (Å²) in [5.41, 5.74) is 3.65. The molecule has 2 aromatic rings. The van der Waals surface area contributed by atoms with E-state index in [0.29, 0.717) is 17.0 Å². The van der Waals surface area contributed by atoms with Crippen LogP contribution < -0.4 is 15.5 Å². The van der Waals surface area contributed by atoms with Crippen LogP contribution in [-0.2, 0) is 9.59 Å². The molecule has 2 rings (SSSR count). The Kier molecular flexibility index (Phi) is 7.35. The molecular formula is C18H17Br2N3O3. The number of hydrogen-bond donors (Lipinski definition) is 2. The van der Waals surface area contributed by atoms with E-state index in [4.69, 9.17) is 4.74 Å². The summed E-state index contributed by atoms with van der Waals surface area (Å²) < 4.78 is 6.82. The molecule has 1 unspecified atom stereocenters. The number of amides is 2. The van der Waals surface area contributed by atoms with Gasteiger partial charge in [0.15, 0.2) is 0 Å². The molecule has 0 aliphatic heterocycles. The van der Waals surface area contributed by atoms with Crippen molar-refractivity contribution < 1.29 is 14.3 Å². The van der Waals surface area contributed by atoms with E-state index < -0.39 is 17.7 Å². The molecule has 0 aromatic heterocycles. The van der Waals surface area contributed by atoms with Crippen molar-refractivity contribution in [2.75, 3.05) is 12.4 Å². The number of nitrogens with zero attached hydrogens (tertiary/aromatic N) is 1. The summed E-state index contributed by atoms with van der Waals surface area (Å²) in [6, 6.07) is 12.6. The number of methoxy groups -OCH3 is 1. The fraction of sp³-hybridized carbons (Fsp3) is 0.167. The molecule has 0 aliphatic rings. The van der Waals surface area contributed by atoms with Crippen LogP contribution in [0.25, 0.3) is 0 Å². The van der Waals surface area contributed by atoms with E-state index in [2.05, 4.69) is 47.7 Å². The zero-order valence-electron chi connectivity index (χ0n) is 14.1. The Bertz CT molecular complexity index is 840. The minimum atomic E-state index is -0.913. The van der Waals surface area contributed by atoms with Crippen molar-refractivity contribution in [3.05, 3.63) is 57.0 Å². The number of hydrogen-bond acceptors (Lipinski definition) is 4. The number of halogens is 2. The minimum absolute atomic E-state index is 0.426. The van der Waals surface area contributed by atoms with Gasteiger partial charge in [-0.15, -0.1) is 0 Å². The second-order valence-corrected chi connectivity index (χ2v) is 7.08. The van der Waals surface area contributed by atoms with Gasteiger partial charge in [0.05, 0.1) is 19.0 Å². The van der Waals surface area contributed by atoms with Crippen LogP contribution in [0.15, 0.2) is 56.5 Å². The van der Waals surface area contributed by atoms with Crippen LogP contribution in [0.1, 0.15) is 12.5 Å². The Morgan fingerprint density at radius 3 is 2.58 bits per heavy atom. The highest BCUT2D eigenvalue weighted by Crippen LogP contribution is 2.22. The predicted molar refractivity (Wildman–Crippen MR) is 108 cm³/mol. The number of hydrazone groups is 1. The highest BCUT2D eigenvalue weighted by atomic mass is 79.9. The molecule has 2 amide bonds. The number of benzene rings is 2. The van der Waals surface area contributed by atoms with Crippen molar-refractivity contribution in [3.63, 3.8) is 0 Å². The first-order valence-corrected chi connectivity index (χ1v) is 9.23. The number of para-hydroxylation sites is 1. The number of anilines is 1. The summed E-state index contributed by atoms with van der Waals surface area (Å²) in [4.78, 5) is 24.3. The predicted octanol–water partition coefficient (Wildman–Crippen LogP) is 3.95. The van der Waals surface area contributed by atoms with Gasteiger partial charge in [0.2, 0.25) is 5.91 Å². The zero-order valence-corrected chi connectivity index (χ0v) is 17.3. The first-order chi connectivity index (χ1) is 12.4. The normalized spacial score (nSPS) is 11.8. The first-order valence-electron chi connectivity index (χ1n) is 7.64. The molecule has 1 atom stereocenters. The number of ether oxygens (including phenoxy) is 1. The molecular weight excluding hydrogens is 466 g/mol. The Labute approximate surface area is 168 Å². The van der Waals surface area contributed by atoms with E-state index in [0.717, 1.165) is 8.95 Å². The maximum absolute atomic E-state index is 12.2. The molecule has 0 fully saturated rings. The Hall–Kier alpha value is -2.19. The lowest BCUT2D eigenvalue weighted by Crippen LogP contribution is -2.34. The van der Waals surface area contributed by atoms with E-state index in [1.165, 1.54) is 13.1 Å². The van der Waals surface area contributed by atoms with Crippen molar-refractivity contribution in [2.24, 2.45) is 11.0 Å². The van der Waals surface area contributed by atoms with Gasteiger partial charge in [0.25, 0.3) is 5.91 Å². The van der Waals surface area contributed by atoms with Crippen LogP contribution in [0.4, 0.5) is 5.69 Å². The van der Waals surface area contributed by atoms with Gasteiger partial charge in [0, 0.05) is 14.5 Å². The molecule has 26 heavy (non-hydrogen) atoms. The molecule has 0 saturated carbocycles. The molecule has 0 radical (unpaired) electrons.